The Morgan fingerprint density at radius 1 is 1.23 bits per heavy atom. The van der Waals surface area contributed by atoms with Crippen LogP contribution in [0.2, 0.25) is 0 Å². The number of nitrogens with zero attached hydrogens (tertiary/aromatic N) is 4. The van der Waals surface area contributed by atoms with Gasteiger partial charge in [0.25, 0.3) is 5.89 Å². The minimum absolute atomic E-state index is 0.121. The lowest BCUT2D eigenvalue weighted by Gasteiger charge is -2.07. The first-order valence-corrected chi connectivity index (χ1v) is 9.37. The smallest absolute Gasteiger partial charge is 0.342 e. The van der Waals surface area contributed by atoms with Crippen LogP contribution in [0.3, 0.4) is 0 Å². The number of halogens is 1. The van der Waals surface area contributed by atoms with Crippen LogP contribution in [0.25, 0.3) is 11.4 Å². The first-order valence-electron chi connectivity index (χ1n) is 9.37. The van der Waals surface area contributed by atoms with Gasteiger partial charge in [0.15, 0.2) is 6.10 Å². The summed E-state index contributed by atoms with van der Waals surface area (Å²) in [6.45, 7) is 3.84. The van der Waals surface area contributed by atoms with E-state index < -0.39 is 12.1 Å². The van der Waals surface area contributed by atoms with Gasteiger partial charge in [0.05, 0.1) is 18.3 Å². The van der Waals surface area contributed by atoms with Gasteiger partial charge in [-0.05, 0) is 31.0 Å². The molecule has 1 unspecified atom stereocenters. The molecule has 4 aromatic rings. The largest absolute Gasteiger partial charge is 0.449 e. The van der Waals surface area contributed by atoms with Crippen LogP contribution < -0.4 is 0 Å². The topological polar surface area (TPSA) is 83.0 Å². The summed E-state index contributed by atoms with van der Waals surface area (Å²) in [5.74, 6) is -0.563. The summed E-state index contributed by atoms with van der Waals surface area (Å²) in [6, 6.07) is 14.5. The highest BCUT2D eigenvalue weighted by molar-refractivity contribution is 5.88. The highest BCUT2D eigenvalue weighted by Crippen LogP contribution is 2.23. The lowest BCUT2D eigenvalue weighted by atomic mass is 10.1. The Morgan fingerprint density at radius 2 is 2.03 bits per heavy atom. The molecule has 0 saturated carbocycles. The van der Waals surface area contributed by atoms with Crippen LogP contribution >= 0.6 is 0 Å². The molecule has 0 spiro atoms. The lowest BCUT2D eigenvalue weighted by molar-refractivity contribution is 0.0265. The van der Waals surface area contributed by atoms with Gasteiger partial charge >= 0.3 is 5.97 Å². The summed E-state index contributed by atoms with van der Waals surface area (Å²) in [5.41, 5.74) is 2.39. The Bertz CT molecular complexity index is 1170. The van der Waals surface area contributed by atoms with Gasteiger partial charge in [0.1, 0.15) is 5.82 Å². The molecule has 0 amide bonds. The van der Waals surface area contributed by atoms with E-state index in [1.165, 1.54) is 12.3 Å². The van der Waals surface area contributed by atoms with Crippen molar-refractivity contribution in [2.45, 2.75) is 26.5 Å². The maximum absolute atomic E-state index is 13.8. The zero-order valence-corrected chi connectivity index (χ0v) is 16.4. The third-order valence-corrected chi connectivity index (χ3v) is 4.56. The molecule has 152 valence electrons. The van der Waals surface area contributed by atoms with E-state index in [-0.39, 0.29) is 17.5 Å². The minimum Gasteiger partial charge on any atom is -0.449 e. The van der Waals surface area contributed by atoms with Gasteiger partial charge in [-0.25, -0.2) is 9.18 Å². The molecule has 0 radical (unpaired) electrons. The third-order valence-electron chi connectivity index (χ3n) is 4.56. The van der Waals surface area contributed by atoms with Crippen molar-refractivity contribution in [1.29, 1.82) is 0 Å². The Balaban J connectivity index is 1.41. The van der Waals surface area contributed by atoms with Crippen molar-refractivity contribution in [2.24, 2.45) is 0 Å². The summed E-state index contributed by atoms with van der Waals surface area (Å²) in [5, 5.41) is 8.05. The van der Waals surface area contributed by atoms with Crippen molar-refractivity contribution in [3.63, 3.8) is 0 Å². The molecule has 7 nitrogen and oxygen atoms in total. The molecule has 8 heteroatoms. The van der Waals surface area contributed by atoms with Crippen molar-refractivity contribution in [2.75, 3.05) is 0 Å². The second-order valence-electron chi connectivity index (χ2n) is 6.88. The summed E-state index contributed by atoms with van der Waals surface area (Å²) in [7, 11) is 0. The second-order valence-corrected chi connectivity index (χ2v) is 6.88. The number of ether oxygens (including phenoxy) is 1. The monoisotopic (exact) mass is 406 g/mol. The zero-order valence-electron chi connectivity index (χ0n) is 16.4. The molecule has 2 heterocycles. The van der Waals surface area contributed by atoms with E-state index in [0.717, 1.165) is 5.56 Å². The molecule has 0 N–H and O–H groups in total. The fourth-order valence-corrected chi connectivity index (χ4v) is 2.85. The molecule has 0 aliphatic carbocycles. The van der Waals surface area contributed by atoms with Gasteiger partial charge in [0, 0.05) is 11.8 Å². The van der Waals surface area contributed by atoms with Gasteiger partial charge < -0.3 is 9.26 Å². The normalized spacial score (nSPS) is 12.0. The molecule has 0 saturated heterocycles. The molecule has 2 aromatic carbocycles. The number of hydrogen-bond donors (Lipinski definition) is 0. The number of aryl methyl sites for hydroxylation is 1. The van der Waals surface area contributed by atoms with Crippen LogP contribution in [-0.4, -0.2) is 25.9 Å². The van der Waals surface area contributed by atoms with E-state index in [4.69, 9.17) is 9.26 Å². The van der Waals surface area contributed by atoms with Crippen LogP contribution in [-0.2, 0) is 11.3 Å². The first kappa shape index (κ1) is 19.5. The van der Waals surface area contributed by atoms with E-state index in [2.05, 4.69) is 15.2 Å². The molecule has 4 rings (SSSR count). The number of hydrogen-bond acceptors (Lipinski definition) is 6. The molecule has 1 atom stereocenters. The molecule has 0 aliphatic heterocycles. The average molecular weight is 406 g/mol. The fraction of sp³-hybridized carbons (Fsp3) is 0.182. The number of benzene rings is 2. The SMILES string of the molecule is Cc1ccc(-c2noc(C(C)OC(=O)c3cnn(Cc4ccccc4)c3)n2)cc1F. The third kappa shape index (κ3) is 4.27. The van der Waals surface area contributed by atoms with E-state index in [1.807, 2.05) is 30.3 Å². The Morgan fingerprint density at radius 3 is 2.80 bits per heavy atom. The van der Waals surface area contributed by atoms with Crippen LogP contribution in [0, 0.1) is 12.7 Å². The van der Waals surface area contributed by atoms with E-state index >= 15 is 0 Å². The van der Waals surface area contributed by atoms with Gasteiger partial charge in [0.2, 0.25) is 5.82 Å². The van der Waals surface area contributed by atoms with Gasteiger partial charge in [-0.2, -0.15) is 10.1 Å². The number of rotatable bonds is 6. The number of aromatic nitrogens is 4. The Kier molecular flexibility index (Phi) is 5.38. The molecule has 0 fully saturated rings. The molecule has 0 bridgehead atoms. The van der Waals surface area contributed by atoms with Crippen LogP contribution in [0.15, 0.2) is 65.4 Å². The first-order chi connectivity index (χ1) is 14.5. The van der Waals surface area contributed by atoms with Crippen LogP contribution in [0.1, 0.15) is 40.4 Å². The number of carbonyl (C=O) groups is 1. The number of carbonyl (C=O) groups excluding carboxylic acids is 1. The Labute approximate surface area is 172 Å². The van der Waals surface area contributed by atoms with Crippen molar-refractivity contribution in [3.05, 3.63) is 89.3 Å². The van der Waals surface area contributed by atoms with E-state index in [1.54, 1.807) is 36.9 Å². The molecular weight excluding hydrogens is 387 g/mol. The highest BCUT2D eigenvalue weighted by atomic mass is 19.1. The van der Waals surface area contributed by atoms with Crippen molar-refractivity contribution >= 4 is 5.97 Å². The quantitative estimate of drug-likeness (QED) is 0.443. The average Bonchev–Trinajstić information content (AvgIpc) is 3.41. The van der Waals surface area contributed by atoms with E-state index in [0.29, 0.717) is 23.2 Å². The number of esters is 1. The van der Waals surface area contributed by atoms with Crippen LogP contribution in [0.4, 0.5) is 4.39 Å². The predicted molar refractivity (Wildman–Crippen MR) is 106 cm³/mol. The zero-order chi connectivity index (χ0) is 21.1. The summed E-state index contributed by atoms with van der Waals surface area (Å²) in [6.07, 6.45) is 2.30. The molecule has 30 heavy (non-hydrogen) atoms. The maximum Gasteiger partial charge on any atom is 0.342 e. The molecule has 0 aliphatic rings. The summed E-state index contributed by atoms with van der Waals surface area (Å²) in [4.78, 5) is 16.7. The molecular formula is C22H19FN4O3. The fourth-order valence-electron chi connectivity index (χ4n) is 2.85. The Hall–Kier alpha value is -3.81. The van der Waals surface area contributed by atoms with Crippen molar-refractivity contribution < 1.29 is 18.4 Å². The van der Waals surface area contributed by atoms with Crippen molar-refractivity contribution in [1.82, 2.24) is 19.9 Å². The minimum atomic E-state index is -0.772. The van der Waals surface area contributed by atoms with Gasteiger partial charge in [-0.1, -0.05) is 47.6 Å². The standard InChI is InChI=1S/C22H19FN4O3/c1-14-8-9-17(10-19(14)23)20-25-21(30-26-20)15(2)29-22(28)18-11-24-27(13-18)12-16-6-4-3-5-7-16/h3-11,13,15H,12H2,1-2H3. The second kappa shape index (κ2) is 8.28. The van der Waals surface area contributed by atoms with Crippen molar-refractivity contribution in [3.8, 4) is 11.4 Å². The predicted octanol–water partition coefficient (Wildman–Crippen LogP) is 4.35. The van der Waals surface area contributed by atoms with Gasteiger partial charge in [-0.3, -0.25) is 4.68 Å². The highest BCUT2D eigenvalue weighted by Gasteiger charge is 2.21. The maximum atomic E-state index is 13.8. The lowest BCUT2D eigenvalue weighted by Crippen LogP contribution is -2.09. The summed E-state index contributed by atoms with van der Waals surface area (Å²) < 4.78 is 26.0. The van der Waals surface area contributed by atoms with E-state index in [9.17, 15) is 9.18 Å². The van der Waals surface area contributed by atoms with Gasteiger partial charge in [-0.15, -0.1) is 0 Å². The van der Waals surface area contributed by atoms with Crippen LogP contribution in [0.5, 0.6) is 0 Å². The molecule has 2 aromatic heterocycles. The summed E-state index contributed by atoms with van der Waals surface area (Å²) >= 11 is 0.